The van der Waals surface area contributed by atoms with Gasteiger partial charge in [-0.25, -0.2) is 15.0 Å². The Balaban J connectivity index is 1.22. The summed E-state index contributed by atoms with van der Waals surface area (Å²) in [4.78, 5) is 12.8. The maximum atomic E-state index is 6.07. The van der Waals surface area contributed by atoms with Crippen LogP contribution in [0.3, 0.4) is 0 Å². The zero-order valence-electron chi connectivity index (χ0n) is 19.8. The maximum absolute atomic E-state index is 6.07. The highest BCUT2D eigenvalue weighted by molar-refractivity contribution is 5.94. The Labute approximate surface area is 203 Å². The first-order chi connectivity index (χ1) is 17.1. The van der Waals surface area contributed by atoms with Gasteiger partial charge in [-0.1, -0.05) is 24.3 Å². The molecule has 0 spiro atoms. The lowest BCUT2D eigenvalue weighted by atomic mass is 9.96. The molecule has 176 valence electrons. The van der Waals surface area contributed by atoms with Crippen LogP contribution in [0, 0.1) is 13.8 Å². The van der Waals surface area contributed by atoms with Crippen molar-refractivity contribution in [1.29, 1.82) is 0 Å². The fraction of sp³-hybridized carbons (Fsp3) is 0.185. The van der Waals surface area contributed by atoms with E-state index in [0.717, 1.165) is 28.4 Å². The van der Waals surface area contributed by atoms with Gasteiger partial charge in [-0.3, -0.25) is 4.68 Å². The lowest BCUT2D eigenvalue weighted by Crippen LogP contribution is -2.07. The second-order valence-corrected chi connectivity index (χ2v) is 8.49. The average Bonchev–Trinajstić information content (AvgIpc) is 3.38. The number of aromatic nitrogens is 5. The predicted octanol–water partition coefficient (Wildman–Crippen LogP) is 4.66. The van der Waals surface area contributed by atoms with Crippen molar-refractivity contribution in [2.45, 2.75) is 33.5 Å². The molecular weight excluding hydrogens is 438 g/mol. The number of fused-ring (bicyclic) bond motifs is 1. The molecule has 8 heteroatoms. The summed E-state index contributed by atoms with van der Waals surface area (Å²) in [6.07, 6.45) is 6.99. The van der Waals surface area contributed by atoms with E-state index in [1.165, 1.54) is 23.0 Å². The molecule has 3 aromatic heterocycles. The molecule has 0 saturated heterocycles. The highest BCUT2D eigenvalue weighted by atomic mass is 16.5. The van der Waals surface area contributed by atoms with E-state index in [1.807, 2.05) is 29.1 Å². The van der Waals surface area contributed by atoms with Gasteiger partial charge in [0.05, 0.1) is 6.54 Å². The van der Waals surface area contributed by atoms with Crippen molar-refractivity contribution in [2.24, 2.45) is 0 Å². The summed E-state index contributed by atoms with van der Waals surface area (Å²) >= 11 is 0. The molecule has 2 aromatic carbocycles. The SMILES string of the molecule is Cc1cc2c(N)nccc2c(C)c1CNc1cc(OCc2ccc(Cn3cccn3)cc2)ncn1. The van der Waals surface area contributed by atoms with Crippen LogP contribution in [-0.4, -0.2) is 24.7 Å². The molecule has 35 heavy (non-hydrogen) atoms. The summed E-state index contributed by atoms with van der Waals surface area (Å²) in [5, 5.41) is 9.74. The van der Waals surface area contributed by atoms with Crippen LogP contribution in [0.5, 0.6) is 5.88 Å². The van der Waals surface area contributed by atoms with E-state index in [9.17, 15) is 0 Å². The Morgan fingerprint density at radius 2 is 1.77 bits per heavy atom. The molecule has 5 rings (SSSR count). The molecule has 0 aliphatic heterocycles. The molecule has 8 nitrogen and oxygen atoms in total. The van der Waals surface area contributed by atoms with Gasteiger partial charge in [-0.05, 0) is 65.3 Å². The third-order valence-corrected chi connectivity index (χ3v) is 6.12. The van der Waals surface area contributed by atoms with E-state index in [-0.39, 0.29) is 0 Å². The van der Waals surface area contributed by atoms with Gasteiger partial charge in [0.2, 0.25) is 5.88 Å². The van der Waals surface area contributed by atoms with Crippen molar-refractivity contribution in [3.63, 3.8) is 0 Å². The van der Waals surface area contributed by atoms with Gasteiger partial charge in [-0.15, -0.1) is 0 Å². The van der Waals surface area contributed by atoms with Crippen LogP contribution in [0.15, 0.2) is 73.4 Å². The summed E-state index contributed by atoms with van der Waals surface area (Å²) in [6, 6.07) is 16.1. The number of anilines is 2. The lowest BCUT2D eigenvalue weighted by Gasteiger charge is -2.15. The first-order valence-corrected chi connectivity index (χ1v) is 11.4. The Kier molecular flexibility index (Phi) is 6.26. The molecule has 0 fully saturated rings. The molecule has 0 amide bonds. The van der Waals surface area contributed by atoms with Crippen LogP contribution in [0.1, 0.15) is 27.8 Å². The predicted molar refractivity (Wildman–Crippen MR) is 137 cm³/mol. The molecule has 3 heterocycles. The summed E-state index contributed by atoms with van der Waals surface area (Å²) in [7, 11) is 0. The smallest absolute Gasteiger partial charge is 0.218 e. The highest BCUT2D eigenvalue weighted by Gasteiger charge is 2.11. The van der Waals surface area contributed by atoms with Crippen LogP contribution >= 0.6 is 0 Å². The quantitative estimate of drug-likeness (QED) is 0.343. The standard InChI is InChI=1S/C27H27N7O/c1-18-12-23-22(8-10-29-27(23)28)19(2)24(18)14-30-25-13-26(32-17-31-25)35-16-21-6-4-20(5-7-21)15-34-11-3-9-33-34/h3-13,17H,14-16H2,1-2H3,(H2,28,29)(H,30,31,32). The number of nitrogens with two attached hydrogens (primary N) is 1. The van der Waals surface area contributed by atoms with Crippen molar-refractivity contribution in [1.82, 2.24) is 24.7 Å². The minimum atomic E-state index is 0.427. The number of pyridine rings is 1. The molecule has 0 aliphatic carbocycles. The number of rotatable bonds is 8. The molecule has 0 saturated carbocycles. The van der Waals surface area contributed by atoms with Crippen LogP contribution in [0.2, 0.25) is 0 Å². The van der Waals surface area contributed by atoms with E-state index < -0.39 is 0 Å². The average molecular weight is 466 g/mol. The van der Waals surface area contributed by atoms with Crippen LogP contribution in [-0.2, 0) is 19.7 Å². The van der Waals surface area contributed by atoms with Crippen molar-refractivity contribution in [3.8, 4) is 5.88 Å². The van der Waals surface area contributed by atoms with Crippen molar-refractivity contribution >= 4 is 22.4 Å². The number of benzene rings is 2. The number of hydrogen-bond acceptors (Lipinski definition) is 7. The number of hydrogen-bond donors (Lipinski definition) is 2. The number of nitrogen functional groups attached to an aromatic ring is 1. The van der Waals surface area contributed by atoms with Gasteiger partial charge in [0, 0.05) is 36.6 Å². The van der Waals surface area contributed by atoms with Gasteiger partial charge in [0.1, 0.15) is 24.6 Å². The van der Waals surface area contributed by atoms with E-state index in [0.29, 0.717) is 30.7 Å². The molecule has 3 N–H and O–H groups in total. The third kappa shape index (κ3) is 5.06. The Morgan fingerprint density at radius 3 is 2.57 bits per heavy atom. The fourth-order valence-corrected chi connectivity index (χ4v) is 4.18. The third-order valence-electron chi connectivity index (χ3n) is 6.12. The number of nitrogens with zero attached hydrogens (tertiary/aromatic N) is 5. The Morgan fingerprint density at radius 1 is 0.943 bits per heavy atom. The maximum Gasteiger partial charge on any atom is 0.218 e. The molecule has 0 unspecified atom stereocenters. The van der Waals surface area contributed by atoms with Crippen LogP contribution in [0.25, 0.3) is 10.8 Å². The summed E-state index contributed by atoms with van der Waals surface area (Å²) in [6.45, 7) is 6.00. The summed E-state index contributed by atoms with van der Waals surface area (Å²) in [5.74, 6) is 1.78. The first kappa shape index (κ1) is 22.3. The Hall–Kier alpha value is -4.46. The molecule has 5 aromatic rings. The van der Waals surface area contributed by atoms with Gasteiger partial charge in [0.25, 0.3) is 0 Å². The van der Waals surface area contributed by atoms with E-state index >= 15 is 0 Å². The molecule has 0 atom stereocenters. The van der Waals surface area contributed by atoms with Gasteiger partial charge in [-0.2, -0.15) is 5.10 Å². The minimum Gasteiger partial charge on any atom is -0.473 e. The fourth-order valence-electron chi connectivity index (χ4n) is 4.18. The normalized spacial score (nSPS) is 11.0. The van der Waals surface area contributed by atoms with E-state index in [4.69, 9.17) is 10.5 Å². The first-order valence-electron chi connectivity index (χ1n) is 11.4. The number of nitrogens with one attached hydrogen (secondary N) is 1. The monoisotopic (exact) mass is 465 g/mol. The van der Waals surface area contributed by atoms with Gasteiger partial charge < -0.3 is 15.8 Å². The van der Waals surface area contributed by atoms with Gasteiger partial charge in [0.15, 0.2) is 0 Å². The zero-order chi connectivity index (χ0) is 24.2. The van der Waals surface area contributed by atoms with Crippen molar-refractivity contribution < 1.29 is 4.74 Å². The van der Waals surface area contributed by atoms with Crippen molar-refractivity contribution in [3.05, 3.63) is 101 Å². The molecule has 0 aliphatic rings. The lowest BCUT2D eigenvalue weighted by molar-refractivity contribution is 0.293. The minimum absolute atomic E-state index is 0.427. The summed E-state index contributed by atoms with van der Waals surface area (Å²) in [5.41, 5.74) is 11.9. The highest BCUT2D eigenvalue weighted by Crippen LogP contribution is 2.28. The van der Waals surface area contributed by atoms with Crippen molar-refractivity contribution in [2.75, 3.05) is 11.1 Å². The molecular formula is C27H27N7O. The number of aryl methyl sites for hydroxylation is 2. The van der Waals surface area contributed by atoms with Crippen LogP contribution in [0.4, 0.5) is 11.6 Å². The largest absolute Gasteiger partial charge is 0.473 e. The summed E-state index contributed by atoms with van der Waals surface area (Å²) < 4.78 is 7.82. The Bertz CT molecular complexity index is 1450. The van der Waals surface area contributed by atoms with Gasteiger partial charge >= 0.3 is 0 Å². The number of ether oxygens (including phenoxy) is 1. The topological polar surface area (TPSA) is 104 Å². The van der Waals surface area contributed by atoms with E-state index in [2.05, 4.69) is 69.5 Å². The second kappa shape index (κ2) is 9.80. The second-order valence-electron chi connectivity index (χ2n) is 8.49. The van der Waals surface area contributed by atoms with Crippen LogP contribution < -0.4 is 15.8 Å². The molecule has 0 radical (unpaired) electrons. The zero-order valence-corrected chi connectivity index (χ0v) is 19.8. The molecule has 0 bridgehead atoms. The van der Waals surface area contributed by atoms with E-state index in [1.54, 1.807) is 12.4 Å².